The zero-order chi connectivity index (χ0) is 11.6. The summed E-state index contributed by atoms with van der Waals surface area (Å²) in [5.41, 5.74) is 0.358. The van der Waals surface area contributed by atoms with Gasteiger partial charge in [0.25, 0.3) is 0 Å². The van der Waals surface area contributed by atoms with Crippen molar-refractivity contribution in [2.45, 2.75) is 39.2 Å². The number of aliphatic hydroxyl groups excluding tert-OH is 1. The van der Waals surface area contributed by atoms with E-state index in [-0.39, 0.29) is 11.7 Å². The van der Waals surface area contributed by atoms with Gasteiger partial charge in [0.15, 0.2) is 0 Å². The summed E-state index contributed by atoms with van der Waals surface area (Å²) in [5, 5.41) is 10.0. The topological polar surface area (TPSA) is 37.3 Å². The van der Waals surface area contributed by atoms with Gasteiger partial charge in [-0.15, -0.1) is 6.58 Å². The molecule has 0 unspecified atom stereocenters. The number of allylic oxidation sites excluding steroid dienone is 2. The first-order valence-electron chi connectivity index (χ1n) is 5.39. The van der Waals surface area contributed by atoms with Crippen LogP contribution in [0.1, 0.15) is 33.1 Å². The predicted molar refractivity (Wildman–Crippen MR) is 61.5 cm³/mol. The van der Waals surface area contributed by atoms with Crippen molar-refractivity contribution in [2.24, 2.45) is 11.3 Å². The van der Waals surface area contributed by atoms with Crippen LogP contribution in [0.15, 0.2) is 24.8 Å². The maximum absolute atomic E-state index is 12.0. The molecule has 1 fully saturated rings. The lowest BCUT2D eigenvalue weighted by Crippen LogP contribution is -2.45. The molecule has 0 aromatic carbocycles. The minimum atomic E-state index is -0.631. The lowest BCUT2D eigenvalue weighted by atomic mass is 9.66. The first-order chi connectivity index (χ1) is 6.91. The number of Topliss-reactive ketones (excluding diaryl/α,β-unsaturated/α-hetero) is 1. The number of ketones is 1. The Morgan fingerprint density at radius 2 is 2.33 bits per heavy atom. The van der Waals surface area contributed by atoms with E-state index in [1.807, 2.05) is 13.8 Å². The minimum Gasteiger partial charge on any atom is -0.392 e. The van der Waals surface area contributed by atoms with Crippen molar-refractivity contribution < 1.29 is 9.90 Å². The van der Waals surface area contributed by atoms with Gasteiger partial charge >= 0.3 is 0 Å². The highest BCUT2D eigenvalue weighted by molar-refractivity contribution is 5.86. The maximum atomic E-state index is 12.0. The molecule has 15 heavy (non-hydrogen) atoms. The smallest absolute Gasteiger partial charge is 0.142 e. The average molecular weight is 208 g/mol. The van der Waals surface area contributed by atoms with E-state index < -0.39 is 11.5 Å². The van der Waals surface area contributed by atoms with Gasteiger partial charge in [-0.3, -0.25) is 4.79 Å². The lowest BCUT2D eigenvalue weighted by molar-refractivity contribution is -0.140. The molecule has 1 saturated carbocycles. The molecular formula is C13H20O2. The zero-order valence-corrected chi connectivity index (χ0v) is 9.62. The van der Waals surface area contributed by atoms with Gasteiger partial charge in [-0.25, -0.2) is 0 Å². The standard InChI is InChI=1S/C13H20O2/c1-5-6-13(4)11(14)7-10(9(2)3)8-12(13)15/h5,10-11,14H,1-2,6-8H2,3-4H3/t10-,11-,13+/m1/s1. The molecule has 1 aliphatic carbocycles. The van der Waals surface area contributed by atoms with Crippen LogP contribution in [0.4, 0.5) is 0 Å². The van der Waals surface area contributed by atoms with Crippen molar-refractivity contribution in [2.75, 3.05) is 0 Å². The van der Waals surface area contributed by atoms with Crippen molar-refractivity contribution in [3.8, 4) is 0 Å². The highest BCUT2D eigenvalue weighted by atomic mass is 16.3. The van der Waals surface area contributed by atoms with Crippen molar-refractivity contribution in [3.63, 3.8) is 0 Å². The minimum absolute atomic E-state index is 0.133. The van der Waals surface area contributed by atoms with Gasteiger partial charge < -0.3 is 5.11 Å². The molecule has 2 heteroatoms. The molecule has 3 atom stereocenters. The van der Waals surface area contributed by atoms with E-state index in [0.717, 1.165) is 5.57 Å². The summed E-state index contributed by atoms with van der Waals surface area (Å²) in [6.45, 7) is 11.2. The van der Waals surface area contributed by atoms with Crippen LogP contribution in [0, 0.1) is 11.3 Å². The van der Waals surface area contributed by atoms with Crippen LogP contribution in [-0.4, -0.2) is 17.0 Å². The normalized spacial score (nSPS) is 36.3. The van der Waals surface area contributed by atoms with Crippen LogP contribution in [-0.2, 0) is 4.79 Å². The monoisotopic (exact) mass is 208 g/mol. The number of rotatable bonds is 3. The number of hydrogen-bond acceptors (Lipinski definition) is 2. The van der Waals surface area contributed by atoms with Crippen molar-refractivity contribution in [3.05, 3.63) is 24.8 Å². The summed E-state index contributed by atoms with van der Waals surface area (Å²) in [5.74, 6) is 0.277. The largest absolute Gasteiger partial charge is 0.392 e. The van der Waals surface area contributed by atoms with Crippen molar-refractivity contribution in [1.29, 1.82) is 0 Å². The van der Waals surface area contributed by atoms with Gasteiger partial charge in [-0.2, -0.15) is 0 Å². The predicted octanol–water partition coefficient (Wildman–Crippen LogP) is 2.48. The second kappa shape index (κ2) is 4.31. The molecule has 0 aromatic heterocycles. The van der Waals surface area contributed by atoms with E-state index in [2.05, 4.69) is 13.2 Å². The molecule has 0 aliphatic heterocycles. The Morgan fingerprint density at radius 1 is 1.73 bits per heavy atom. The molecule has 84 valence electrons. The molecule has 0 heterocycles. The highest BCUT2D eigenvalue weighted by Gasteiger charge is 2.44. The second-order valence-corrected chi connectivity index (χ2v) is 4.83. The molecule has 1 N–H and O–H groups in total. The summed E-state index contributed by atoms with van der Waals surface area (Å²) < 4.78 is 0. The summed E-state index contributed by atoms with van der Waals surface area (Å²) in [7, 11) is 0. The van der Waals surface area contributed by atoms with E-state index in [0.29, 0.717) is 19.3 Å². The van der Waals surface area contributed by atoms with Gasteiger partial charge in [0.1, 0.15) is 5.78 Å². The fourth-order valence-electron chi connectivity index (χ4n) is 2.18. The first-order valence-corrected chi connectivity index (χ1v) is 5.39. The van der Waals surface area contributed by atoms with E-state index in [1.54, 1.807) is 6.08 Å². The van der Waals surface area contributed by atoms with E-state index in [9.17, 15) is 9.90 Å². The van der Waals surface area contributed by atoms with Crippen LogP contribution < -0.4 is 0 Å². The van der Waals surface area contributed by atoms with Crippen molar-refractivity contribution >= 4 is 5.78 Å². The summed E-state index contributed by atoms with van der Waals surface area (Å²) >= 11 is 0. The van der Waals surface area contributed by atoms with Gasteiger partial charge in [0, 0.05) is 6.42 Å². The Morgan fingerprint density at radius 3 is 2.73 bits per heavy atom. The first kappa shape index (κ1) is 12.2. The number of carbonyl (C=O) groups is 1. The Bertz CT molecular complexity index is 293. The van der Waals surface area contributed by atoms with Gasteiger partial charge in [-0.05, 0) is 32.6 Å². The third-order valence-electron chi connectivity index (χ3n) is 3.58. The molecule has 1 aliphatic rings. The quantitative estimate of drug-likeness (QED) is 0.723. The van der Waals surface area contributed by atoms with Crippen LogP contribution in [0.5, 0.6) is 0 Å². The fraction of sp³-hybridized carbons (Fsp3) is 0.615. The van der Waals surface area contributed by atoms with E-state index in [1.165, 1.54) is 0 Å². The van der Waals surface area contributed by atoms with Gasteiger partial charge in [0.05, 0.1) is 11.5 Å². The Hall–Kier alpha value is -0.890. The molecule has 0 aromatic rings. The maximum Gasteiger partial charge on any atom is 0.142 e. The molecule has 2 nitrogen and oxygen atoms in total. The molecule has 0 spiro atoms. The molecule has 0 bridgehead atoms. The summed E-state index contributed by atoms with van der Waals surface area (Å²) in [6.07, 6.45) is 2.85. The summed E-state index contributed by atoms with van der Waals surface area (Å²) in [4.78, 5) is 12.0. The highest BCUT2D eigenvalue weighted by Crippen LogP contribution is 2.40. The van der Waals surface area contributed by atoms with E-state index >= 15 is 0 Å². The summed E-state index contributed by atoms with van der Waals surface area (Å²) in [6, 6.07) is 0. The second-order valence-electron chi connectivity index (χ2n) is 4.83. The fourth-order valence-corrected chi connectivity index (χ4v) is 2.18. The molecule has 0 amide bonds. The average Bonchev–Trinajstić information content (AvgIpc) is 2.14. The lowest BCUT2D eigenvalue weighted by Gasteiger charge is -2.40. The Kier molecular flexibility index (Phi) is 3.50. The zero-order valence-electron chi connectivity index (χ0n) is 9.62. The van der Waals surface area contributed by atoms with Crippen LogP contribution in [0.2, 0.25) is 0 Å². The Labute approximate surface area is 91.7 Å². The molecule has 1 rings (SSSR count). The third kappa shape index (κ3) is 2.20. The molecule has 0 radical (unpaired) electrons. The number of aliphatic hydroxyl groups is 1. The third-order valence-corrected chi connectivity index (χ3v) is 3.58. The number of carbonyl (C=O) groups excluding carboxylic acids is 1. The van der Waals surface area contributed by atoms with Gasteiger partial charge in [0.2, 0.25) is 0 Å². The van der Waals surface area contributed by atoms with E-state index in [4.69, 9.17) is 0 Å². The molecule has 0 saturated heterocycles. The Balaban J connectivity index is 2.85. The SMILES string of the molecule is C=CC[C@]1(C)C(=O)C[C@H](C(=C)C)C[C@H]1O. The van der Waals surface area contributed by atoms with Crippen molar-refractivity contribution in [1.82, 2.24) is 0 Å². The van der Waals surface area contributed by atoms with Crippen LogP contribution in [0.3, 0.4) is 0 Å². The van der Waals surface area contributed by atoms with Crippen LogP contribution in [0.25, 0.3) is 0 Å². The van der Waals surface area contributed by atoms with Gasteiger partial charge in [-0.1, -0.05) is 18.2 Å². The molecular weight excluding hydrogens is 188 g/mol. The van der Waals surface area contributed by atoms with Crippen LogP contribution >= 0.6 is 0 Å². The number of hydrogen-bond donors (Lipinski definition) is 1.